The number of aliphatic hydroxyl groups is 1. The molecule has 3 heteroatoms. The van der Waals surface area contributed by atoms with Crippen LogP contribution in [-0.2, 0) is 0 Å². The Kier molecular flexibility index (Phi) is 4.45. The zero-order valence-corrected chi connectivity index (χ0v) is 11.3. The molecule has 3 atom stereocenters. The van der Waals surface area contributed by atoms with Crippen LogP contribution in [-0.4, -0.2) is 41.3 Å². The SMILES string of the molecule is CCC(O)CC1CC(N)CN(C2CC(C)C2)C1. The van der Waals surface area contributed by atoms with Gasteiger partial charge in [0.25, 0.3) is 0 Å². The Labute approximate surface area is 105 Å². The molecular formula is C14H28N2O. The van der Waals surface area contributed by atoms with E-state index in [9.17, 15) is 5.11 Å². The third-order valence-corrected chi connectivity index (χ3v) is 4.54. The summed E-state index contributed by atoms with van der Waals surface area (Å²) < 4.78 is 0. The van der Waals surface area contributed by atoms with Gasteiger partial charge in [0, 0.05) is 25.2 Å². The minimum absolute atomic E-state index is 0.132. The van der Waals surface area contributed by atoms with Gasteiger partial charge in [-0.3, -0.25) is 4.90 Å². The maximum Gasteiger partial charge on any atom is 0.0540 e. The number of nitrogens with two attached hydrogens (primary N) is 1. The highest BCUT2D eigenvalue weighted by Crippen LogP contribution is 2.34. The van der Waals surface area contributed by atoms with Crippen molar-refractivity contribution >= 4 is 0 Å². The first-order chi connectivity index (χ1) is 8.08. The summed E-state index contributed by atoms with van der Waals surface area (Å²) in [6.07, 6.45) is 5.45. The maximum atomic E-state index is 9.78. The van der Waals surface area contributed by atoms with Crippen molar-refractivity contribution in [3.63, 3.8) is 0 Å². The summed E-state index contributed by atoms with van der Waals surface area (Å²) in [5.41, 5.74) is 6.16. The van der Waals surface area contributed by atoms with Crippen molar-refractivity contribution < 1.29 is 5.11 Å². The van der Waals surface area contributed by atoms with E-state index in [2.05, 4.69) is 18.7 Å². The van der Waals surface area contributed by atoms with Crippen molar-refractivity contribution in [2.75, 3.05) is 13.1 Å². The number of hydrogen-bond donors (Lipinski definition) is 2. The first kappa shape index (κ1) is 13.3. The Balaban J connectivity index is 1.83. The zero-order valence-electron chi connectivity index (χ0n) is 11.3. The van der Waals surface area contributed by atoms with E-state index in [1.165, 1.54) is 12.8 Å². The van der Waals surface area contributed by atoms with Gasteiger partial charge in [-0.15, -0.1) is 0 Å². The van der Waals surface area contributed by atoms with Crippen LogP contribution in [0.15, 0.2) is 0 Å². The van der Waals surface area contributed by atoms with Crippen molar-refractivity contribution in [1.82, 2.24) is 4.90 Å². The molecule has 1 saturated heterocycles. The second-order valence-corrected chi connectivity index (χ2v) is 6.34. The van der Waals surface area contributed by atoms with Crippen LogP contribution < -0.4 is 5.73 Å². The molecule has 3 nitrogen and oxygen atoms in total. The highest BCUT2D eigenvalue weighted by Gasteiger charge is 2.35. The van der Waals surface area contributed by atoms with Gasteiger partial charge in [0.15, 0.2) is 0 Å². The lowest BCUT2D eigenvalue weighted by molar-refractivity contribution is 0.0248. The lowest BCUT2D eigenvalue weighted by atomic mass is 9.78. The van der Waals surface area contributed by atoms with Gasteiger partial charge in [-0.25, -0.2) is 0 Å². The van der Waals surface area contributed by atoms with Crippen molar-refractivity contribution in [2.24, 2.45) is 17.6 Å². The molecule has 3 unspecified atom stereocenters. The second-order valence-electron chi connectivity index (χ2n) is 6.34. The predicted molar refractivity (Wildman–Crippen MR) is 70.8 cm³/mol. The van der Waals surface area contributed by atoms with Crippen LogP contribution in [0.3, 0.4) is 0 Å². The van der Waals surface area contributed by atoms with Gasteiger partial charge in [-0.1, -0.05) is 13.8 Å². The van der Waals surface area contributed by atoms with Gasteiger partial charge in [0.05, 0.1) is 6.10 Å². The van der Waals surface area contributed by atoms with Crippen LogP contribution in [0.2, 0.25) is 0 Å². The first-order valence-electron chi connectivity index (χ1n) is 7.26. The molecule has 0 aromatic rings. The van der Waals surface area contributed by atoms with Gasteiger partial charge in [0.1, 0.15) is 0 Å². The van der Waals surface area contributed by atoms with E-state index >= 15 is 0 Å². The molecule has 1 saturated carbocycles. The van der Waals surface area contributed by atoms with E-state index in [1.807, 2.05) is 0 Å². The molecule has 0 spiro atoms. The third kappa shape index (κ3) is 3.43. The third-order valence-electron chi connectivity index (χ3n) is 4.54. The summed E-state index contributed by atoms with van der Waals surface area (Å²) in [4.78, 5) is 2.58. The van der Waals surface area contributed by atoms with E-state index in [1.54, 1.807) is 0 Å². The van der Waals surface area contributed by atoms with E-state index in [0.717, 1.165) is 44.3 Å². The molecule has 100 valence electrons. The largest absolute Gasteiger partial charge is 0.393 e. The smallest absolute Gasteiger partial charge is 0.0540 e. The molecule has 1 aliphatic carbocycles. The van der Waals surface area contributed by atoms with Crippen LogP contribution in [0.4, 0.5) is 0 Å². The second kappa shape index (κ2) is 5.68. The minimum Gasteiger partial charge on any atom is -0.393 e. The number of rotatable bonds is 4. The lowest BCUT2D eigenvalue weighted by Crippen LogP contribution is -2.54. The molecule has 2 aliphatic rings. The van der Waals surface area contributed by atoms with Crippen LogP contribution in [0.25, 0.3) is 0 Å². The lowest BCUT2D eigenvalue weighted by Gasteiger charge is -2.47. The van der Waals surface area contributed by atoms with Crippen molar-refractivity contribution in [2.45, 2.75) is 64.1 Å². The molecule has 3 N–H and O–H groups in total. The Morgan fingerprint density at radius 2 is 2.00 bits per heavy atom. The Morgan fingerprint density at radius 3 is 2.59 bits per heavy atom. The van der Waals surface area contributed by atoms with Crippen LogP contribution in [0.1, 0.15) is 46.0 Å². The standard InChI is InChI=1S/C14H28N2O/c1-3-14(17)7-11-6-12(15)9-16(8-11)13-4-10(2)5-13/h10-14,17H,3-9,15H2,1-2H3. The maximum absolute atomic E-state index is 9.78. The van der Waals surface area contributed by atoms with Gasteiger partial charge >= 0.3 is 0 Å². The van der Waals surface area contributed by atoms with Gasteiger partial charge < -0.3 is 10.8 Å². The molecule has 1 heterocycles. The Bertz CT molecular complexity index is 240. The van der Waals surface area contributed by atoms with Gasteiger partial charge in [-0.2, -0.15) is 0 Å². The zero-order chi connectivity index (χ0) is 12.4. The topological polar surface area (TPSA) is 49.5 Å². The van der Waals surface area contributed by atoms with E-state index in [-0.39, 0.29) is 6.10 Å². The van der Waals surface area contributed by atoms with E-state index < -0.39 is 0 Å². The minimum atomic E-state index is -0.132. The van der Waals surface area contributed by atoms with E-state index in [4.69, 9.17) is 5.73 Å². The molecule has 0 aromatic heterocycles. The molecule has 2 rings (SSSR count). The summed E-state index contributed by atoms with van der Waals surface area (Å²) in [5, 5.41) is 9.78. The number of nitrogens with zero attached hydrogens (tertiary/aromatic N) is 1. The van der Waals surface area contributed by atoms with Crippen molar-refractivity contribution in [3.05, 3.63) is 0 Å². The summed E-state index contributed by atoms with van der Waals surface area (Å²) in [6.45, 7) is 6.61. The number of aliphatic hydroxyl groups excluding tert-OH is 1. The van der Waals surface area contributed by atoms with E-state index in [0.29, 0.717) is 12.0 Å². The van der Waals surface area contributed by atoms with Crippen LogP contribution in [0, 0.1) is 11.8 Å². The Hall–Kier alpha value is -0.120. The number of likely N-dealkylation sites (tertiary alicyclic amines) is 1. The quantitative estimate of drug-likeness (QED) is 0.784. The molecule has 0 bridgehead atoms. The Morgan fingerprint density at radius 1 is 1.29 bits per heavy atom. The molecule has 0 amide bonds. The monoisotopic (exact) mass is 240 g/mol. The normalized spacial score (nSPS) is 40.9. The molecule has 0 aromatic carbocycles. The van der Waals surface area contributed by atoms with Gasteiger partial charge in [0.2, 0.25) is 0 Å². The fraction of sp³-hybridized carbons (Fsp3) is 1.00. The summed E-state index contributed by atoms with van der Waals surface area (Å²) in [5.74, 6) is 1.50. The first-order valence-corrected chi connectivity index (χ1v) is 7.26. The predicted octanol–water partition coefficient (Wildman–Crippen LogP) is 1.60. The summed E-state index contributed by atoms with van der Waals surface area (Å²) >= 11 is 0. The highest BCUT2D eigenvalue weighted by molar-refractivity contribution is 4.91. The molecule has 2 fully saturated rings. The van der Waals surface area contributed by atoms with Crippen LogP contribution >= 0.6 is 0 Å². The number of hydrogen-bond acceptors (Lipinski definition) is 3. The van der Waals surface area contributed by atoms with Crippen molar-refractivity contribution in [1.29, 1.82) is 0 Å². The molecule has 1 aliphatic heterocycles. The summed E-state index contributed by atoms with van der Waals surface area (Å²) in [7, 11) is 0. The molecule has 17 heavy (non-hydrogen) atoms. The van der Waals surface area contributed by atoms with Crippen LogP contribution in [0.5, 0.6) is 0 Å². The highest BCUT2D eigenvalue weighted by atomic mass is 16.3. The molecular weight excluding hydrogens is 212 g/mol. The average molecular weight is 240 g/mol. The van der Waals surface area contributed by atoms with Crippen molar-refractivity contribution in [3.8, 4) is 0 Å². The number of piperidine rings is 1. The molecule has 0 radical (unpaired) electrons. The summed E-state index contributed by atoms with van der Waals surface area (Å²) in [6, 6.07) is 1.09. The fourth-order valence-electron chi connectivity index (χ4n) is 3.46. The van der Waals surface area contributed by atoms with Gasteiger partial charge in [-0.05, 0) is 43.9 Å². The fourth-order valence-corrected chi connectivity index (χ4v) is 3.46. The average Bonchev–Trinajstić information content (AvgIpc) is 2.23.